The molecule has 0 radical (unpaired) electrons. The summed E-state index contributed by atoms with van der Waals surface area (Å²) in [6.07, 6.45) is 3.32. The van der Waals surface area contributed by atoms with Crippen molar-refractivity contribution >= 4 is 5.69 Å². The summed E-state index contributed by atoms with van der Waals surface area (Å²) in [7, 11) is 0. The molecule has 0 amide bonds. The molecule has 1 aromatic carbocycles. The zero-order valence-electron chi connectivity index (χ0n) is 8.50. The fourth-order valence-corrected chi connectivity index (χ4v) is 1.55. The average Bonchev–Trinajstić information content (AvgIpc) is 2.14. The topological polar surface area (TPSA) is 61.3 Å². The van der Waals surface area contributed by atoms with Gasteiger partial charge >= 0.3 is 0 Å². The zero-order chi connectivity index (χ0) is 10.8. The molecule has 0 bridgehead atoms. The first-order chi connectivity index (χ1) is 7.20. The Morgan fingerprint density at radius 2 is 2.13 bits per heavy atom. The molecule has 0 aromatic heterocycles. The fraction of sp³-hybridized carbons (Fsp3) is 0.455. The maximum Gasteiger partial charge on any atom is 0.167 e. The number of nitrogen functional groups attached to an aromatic ring is 1. The molecule has 3 nitrogen and oxygen atoms in total. The first kappa shape index (κ1) is 10.2. The Morgan fingerprint density at radius 1 is 1.40 bits per heavy atom. The molecule has 0 saturated heterocycles. The molecule has 0 atom stereocenters. The van der Waals surface area contributed by atoms with Crippen LogP contribution in [0.4, 0.5) is 10.1 Å². The number of anilines is 1. The number of halogens is 1. The van der Waals surface area contributed by atoms with Crippen molar-refractivity contribution in [2.24, 2.45) is 5.73 Å². The van der Waals surface area contributed by atoms with Crippen LogP contribution in [0.2, 0.25) is 0 Å². The van der Waals surface area contributed by atoms with E-state index in [0.717, 1.165) is 24.8 Å². The number of rotatable bonds is 3. The van der Waals surface area contributed by atoms with Crippen LogP contribution in [0.25, 0.3) is 0 Å². The van der Waals surface area contributed by atoms with Gasteiger partial charge in [0.2, 0.25) is 0 Å². The second kappa shape index (κ2) is 4.06. The summed E-state index contributed by atoms with van der Waals surface area (Å²) in [5.41, 5.74) is 12.2. The van der Waals surface area contributed by atoms with Gasteiger partial charge in [-0.15, -0.1) is 0 Å². The first-order valence-electron chi connectivity index (χ1n) is 5.15. The van der Waals surface area contributed by atoms with Gasteiger partial charge in [0.25, 0.3) is 0 Å². The molecule has 1 saturated carbocycles. The van der Waals surface area contributed by atoms with Crippen molar-refractivity contribution in [1.29, 1.82) is 0 Å². The van der Waals surface area contributed by atoms with E-state index in [1.165, 1.54) is 6.07 Å². The minimum atomic E-state index is -0.406. The Bertz CT molecular complexity index is 364. The van der Waals surface area contributed by atoms with E-state index in [0.29, 0.717) is 12.2 Å². The van der Waals surface area contributed by atoms with Crippen LogP contribution in [0.1, 0.15) is 24.8 Å². The van der Waals surface area contributed by atoms with E-state index in [4.69, 9.17) is 16.2 Å². The van der Waals surface area contributed by atoms with Crippen LogP contribution >= 0.6 is 0 Å². The van der Waals surface area contributed by atoms with E-state index in [9.17, 15) is 4.39 Å². The highest BCUT2D eigenvalue weighted by Crippen LogP contribution is 2.29. The minimum Gasteiger partial charge on any atom is -0.487 e. The predicted molar refractivity (Wildman–Crippen MR) is 57.0 cm³/mol. The fourth-order valence-electron chi connectivity index (χ4n) is 1.55. The van der Waals surface area contributed by atoms with Gasteiger partial charge < -0.3 is 16.2 Å². The molecular formula is C11H15FN2O. The molecule has 0 unspecified atom stereocenters. The van der Waals surface area contributed by atoms with Crippen LogP contribution in [0.15, 0.2) is 12.1 Å². The van der Waals surface area contributed by atoms with Gasteiger partial charge in [0.05, 0.1) is 6.10 Å². The summed E-state index contributed by atoms with van der Waals surface area (Å²) in [4.78, 5) is 0. The van der Waals surface area contributed by atoms with Crippen LogP contribution in [0.5, 0.6) is 5.75 Å². The average molecular weight is 210 g/mol. The summed E-state index contributed by atoms with van der Waals surface area (Å²) in [5, 5.41) is 0. The van der Waals surface area contributed by atoms with Gasteiger partial charge in [-0.2, -0.15) is 0 Å². The molecule has 4 heteroatoms. The third-order valence-electron chi connectivity index (χ3n) is 2.76. The third kappa shape index (κ3) is 2.04. The molecular weight excluding hydrogens is 195 g/mol. The molecule has 0 heterocycles. The van der Waals surface area contributed by atoms with Crippen molar-refractivity contribution in [3.05, 3.63) is 23.5 Å². The minimum absolute atomic E-state index is 0.161. The van der Waals surface area contributed by atoms with Crippen molar-refractivity contribution in [2.75, 3.05) is 5.73 Å². The molecule has 2 rings (SSSR count). The molecule has 1 aromatic rings. The van der Waals surface area contributed by atoms with E-state index < -0.39 is 5.82 Å². The molecule has 0 aliphatic heterocycles. The van der Waals surface area contributed by atoms with Gasteiger partial charge in [-0.1, -0.05) is 0 Å². The van der Waals surface area contributed by atoms with E-state index in [1.54, 1.807) is 6.07 Å². The lowest BCUT2D eigenvalue weighted by Gasteiger charge is -2.26. The molecule has 1 aliphatic rings. The molecule has 1 aliphatic carbocycles. The first-order valence-corrected chi connectivity index (χ1v) is 5.15. The summed E-state index contributed by atoms with van der Waals surface area (Å²) in [5.74, 6) is -0.133. The molecule has 82 valence electrons. The van der Waals surface area contributed by atoms with Gasteiger partial charge in [-0.05, 0) is 30.9 Å². The Balaban J connectivity index is 2.21. The van der Waals surface area contributed by atoms with Crippen LogP contribution in [0.3, 0.4) is 0 Å². The quantitative estimate of drug-likeness (QED) is 0.748. The van der Waals surface area contributed by atoms with Gasteiger partial charge in [0.1, 0.15) is 0 Å². The van der Waals surface area contributed by atoms with Crippen molar-refractivity contribution in [1.82, 2.24) is 0 Å². The Labute approximate surface area is 88.2 Å². The van der Waals surface area contributed by atoms with E-state index >= 15 is 0 Å². The Hall–Kier alpha value is -1.29. The van der Waals surface area contributed by atoms with Crippen molar-refractivity contribution < 1.29 is 9.13 Å². The predicted octanol–water partition coefficient (Wildman–Crippen LogP) is 1.80. The second-order valence-corrected chi connectivity index (χ2v) is 3.86. The van der Waals surface area contributed by atoms with Crippen LogP contribution in [0, 0.1) is 5.82 Å². The lowest BCUT2D eigenvalue weighted by molar-refractivity contribution is 0.115. The zero-order valence-corrected chi connectivity index (χ0v) is 8.50. The van der Waals surface area contributed by atoms with Gasteiger partial charge in [0.15, 0.2) is 11.6 Å². The number of hydrogen-bond donors (Lipinski definition) is 2. The van der Waals surface area contributed by atoms with Gasteiger partial charge in [-0.25, -0.2) is 4.39 Å². The van der Waals surface area contributed by atoms with Crippen molar-refractivity contribution in [3.63, 3.8) is 0 Å². The van der Waals surface area contributed by atoms with Crippen molar-refractivity contribution in [2.45, 2.75) is 31.9 Å². The molecule has 4 N–H and O–H groups in total. The summed E-state index contributed by atoms with van der Waals surface area (Å²) < 4.78 is 18.9. The number of hydrogen-bond acceptors (Lipinski definition) is 3. The largest absolute Gasteiger partial charge is 0.487 e. The van der Waals surface area contributed by atoms with Crippen molar-refractivity contribution in [3.8, 4) is 5.75 Å². The Kier molecular flexibility index (Phi) is 2.77. The summed E-state index contributed by atoms with van der Waals surface area (Å²) >= 11 is 0. The monoisotopic (exact) mass is 210 g/mol. The SMILES string of the molecule is NCc1cc(OC2CCC2)c(F)cc1N. The van der Waals surface area contributed by atoms with Gasteiger partial charge in [-0.3, -0.25) is 0 Å². The van der Waals surface area contributed by atoms with Crippen LogP contribution < -0.4 is 16.2 Å². The maximum absolute atomic E-state index is 13.4. The second-order valence-electron chi connectivity index (χ2n) is 3.86. The summed E-state index contributed by atoms with van der Waals surface area (Å²) in [6.45, 7) is 0.299. The number of ether oxygens (including phenoxy) is 1. The number of nitrogens with two attached hydrogens (primary N) is 2. The highest BCUT2D eigenvalue weighted by atomic mass is 19.1. The highest BCUT2D eigenvalue weighted by molar-refractivity contribution is 5.51. The summed E-state index contributed by atoms with van der Waals surface area (Å²) in [6, 6.07) is 2.87. The maximum atomic E-state index is 13.4. The molecule has 0 spiro atoms. The Morgan fingerprint density at radius 3 is 2.67 bits per heavy atom. The van der Waals surface area contributed by atoms with E-state index in [-0.39, 0.29) is 11.9 Å². The highest BCUT2D eigenvalue weighted by Gasteiger charge is 2.21. The lowest BCUT2D eigenvalue weighted by Crippen LogP contribution is -2.25. The van der Waals surface area contributed by atoms with Crippen LogP contribution in [-0.4, -0.2) is 6.10 Å². The van der Waals surface area contributed by atoms with E-state index in [2.05, 4.69) is 0 Å². The smallest absolute Gasteiger partial charge is 0.167 e. The molecule has 1 fully saturated rings. The normalized spacial score (nSPS) is 16.1. The lowest BCUT2D eigenvalue weighted by atomic mass is 9.96. The molecule has 15 heavy (non-hydrogen) atoms. The third-order valence-corrected chi connectivity index (χ3v) is 2.76. The van der Waals surface area contributed by atoms with E-state index in [1.807, 2.05) is 0 Å². The van der Waals surface area contributed by atoms with Gasteiger partial charge in [0, 0.05) is 18.3 Å². The standard InChI is InChI=1S/C11H15FN2O/c12-9-5-10(14)7(6-13)4-11(9)15-8-2-1-3-8/h4-5,8H,1-3,6,13-14H2. The van der Waals surface area contributed by atoms with Crippen LogP contribution in [-0.2, 0) is 6.54 Å². The number of benzene rings is 1.